The monoisotopic (exact) mass is 294 g/mol. The van der Waals surface area contributed by atoms with Crippen LogP contribution in [0.4, 0.5) is 0 Å². The van der Waals surface area contributed by atoms with Crippen LogP contribution >= 0.6 is 12.2 Å². The van der Waals surface area contributed by atoms with Gasteiger partial charge in [-0.3, -0.25) is 0 Å². The fourth-order valence-corrected chi connectivity index (χ4v) is 2.37. The summed E-state index contributed by atoms with van der Waals surface area (Å²) in [7, 11) is 0. The lowest BCUT2D eigenvalue weighted by Crippen LogP contribution is -2.23. The number of nitrogens with two attached hydrogens (primary N) is 1. The van der Waals surface area contributed by atoms with E-state index in [0.717, 1.165) is 30.5 Å². The van der Waals surface area contributed by atoms with Gasteiger partial charge in [-0.15, -0.1) is 0 Å². The van der Waals surface area contributed by atoms with Crippen LogP contribution in [0.5, 0.6) is 5.88 Å². The molecule has 4 nitrogen and oxygen atoms in total. The first-order valence-corrected chi connectivity index (χ1v) is 7.37. The summed E-state index contributed by atoms with van der Waals surface area (Å²) in [5.74, 6) is 0.538. The summed E-state index contributed by atoms with van der Waals surface area (Å²) < 4.78 is 11.3. The third kappa shape index (κ3) is 3.90. The molecule has 110 valence electrons. The van der Waals surface area contributed by atoms with E-state index in [2.05, 4.69) is 4.98 Å². The largest absolute Gasteiger partial charge is 0.475 e. The SMILES string of the molecule is CC(C)(C)OCCOc1nc2c(cc1C(N)=S)CCC2. The molecule has 0 radical (unpaired) electrons. The molecule has 0 amide bonds. The second-order valence-electron chi connectivity index (χ2n) is 5.97. The van der Waals surface area contributed by atoms with E-state index < -0.39 is 0 Å². The third-order valence-corrected chi connectivity index (χ3v) is 3.36. The zero-order chi connectivity index (χ0) is 14.8. The quantitative estimate of drug-likeness (QED) is 0.667. The molecule has 5 heteroatoms. The molecule has 0 aromatic carbocycles. The molecule has 1 aromatic rings. The van der Waals surface area contributed by atoms with Crippen molar-refractivity contribution in [3.05, 3.63) is 22.9 Å². The molecule has 0 bridgehead atoms. The number of pyridine rings is 1. The minimum atomic E-state index is -0.166. The second kappa shape index (κ2) is 6.06. The first kappa shape index (κ1) is 15.2. The van der Waals surface area contributed by atoms with Crippen molar-refractivity contribution in [1.82, 2.24) is 4.98 Å². The van der Waals surface area contributed by atoms with Crippen molar-refractivity contribution >= 4 is 17.2 Å². The van der Waals surface area contributed by atoms with Gasteiger partial charge in [-0.1, -0.05) is 12.2 Å². The molecule has 2 rings (SSSR count). The van der Waals surface area contributed by atoms with Gasteiger partial charge in [-0.2, -0.15) is 0 Å². The lowest BCUT2D eigenvalue weighted by Gasteiger charge is -2.19. The van der Waals surface area contributed by atoms with Crippen LogP contribution in [0.25, 0.3) is 0 Å². The molecule has 0 saturated carbocycles. The highest BCUT2D eigenvalue weighted by molar-refractivity contribution is 7.80. The normalized spacial score (nSPS) is 14.2. The Morgan fingerprint density at radius 2 is 2.10 bits per heavy atom. The molecule has 1 aliphatic rings. The molecular formula is C15H22N2O2S. The minimum absolute atomic E-state index is 0.166. The highest BCUT2D eigenvalue weighted by atomic mass is 32.1. The lowest BCUT2D eigenvalue weighted by atomic mass is 10.1. The Morgan fingerprint density at radius 3 is 2.75 bits per heavy atom. The average molecular weight is 294 g/mol. The smallest absolute Gasteiger partial charge is 0.224 e. The summed E-state index contributed by atoms with van der Waals surface area (Å²) >= 11 is 5.09. The Kier molecular flexibility index (Phi) is 4.60. The van der Waals surface area contributed by atoms with Crippen LogP contribution in [-0.4, -0.2) is 28.8 Å². The highest BCUT2D eigenvalue weighted by Crippen LogP contribution is 2.26. The fourth-order valence-electron chi connectivity index (χ4n) is 2.23. The van der Waals surface area contributed by atoms with Crippen molar-refractivity contribution in [3.8, 4) is 5.88 Å². The molecule has 0 unspecified atom stereocenters. The summed E-state index contributed by atoms with van der Waals surface area (Å²) in [4.78, 5) is 4.90. The van der Waals surface area contributed by atoms with Gasteiger partial charge in [0.25, 0.3) is 0 Å². The number of fused-ring (bicyclic) bond motifs is 1. The van der Waals surface area contributed by atoms with Crippen LogP contribution in [0, 0.1) is 0 Å². The van der Waals surface area contributed by atoms with Crippen molar-refractivity contribution in [2.75, 3.05) is 13.2 Å². The average Bonchev–Trinajstić information content (AvgIpc) is 2.79. The first-order valence-electron chi connectivity index (χ1n) is 6.96. The number of hydrogen-bond donors (Lipinski definition) is 1. The summed E-state index contributed by atoms with van der Waals surface area (Å²) in [6, 6.07) is 2.03. The van der Waals surface area contributed by atoms with Gasteiger partial charge in [0.1, 0.15) is 11.6 Å². The third-order valence-electron chi connectivity index (χ3n) is 3.14. The van der Waals surface area contributed by atoms with Crippen molar-refractivity contribution in [1.29, 1.82) is 0 Å². The number of hydrogen-bond acceptors (Lipinski definition) is 4. The molecule has 2 N–H and O–H groups in total. The van der Waals surface area contributed by atoms with Crippen LogP contribution < -0.4 is 10.5 Å². The zero-order valence-electron chi connectivity index (χ0n) is 12.4. The van der Waals surface area contributed by atoms with E-state index in [1.165, 1.54) is 5.56 Å². The molecule has 0 atom stereocenters. The molecule has 20 heavy (non-hydrogen) atoms. The van der Waals surface area contributed by atoms with Crippen molar-refractivity contribution in [2.45, 2.75) is 45.6 Å². The van der Waals surface area contributed by atoms with Crippen LogP contribution in [0.1, 0.15) is 44.0 Å². The number of aryl methyl sites for hydroxylation is 2. The number of nitrogens with zero attached hydrogens (tertiary/aromatic N) is 1. The van der Waals surface area contributed by atoms with Crippen molar-refractivity contribution in [3.63, 3.8) is 0 Å². The van der Waals surface area contributed by atoms with Gasteiger partial charge in [0, 0.05) is 5.69 Å². The molecule has 1 aromatic heterocycles. The molecule has 0 aliphatic heterocycles. The summed E-state index contributed by atoms with van der Waals surface area (Å²) in [6.45, 7) is 7.00. The summed E-state index contributed by atoms with van der Waals surface area (Å²) in [6.07, 6.45) is 3.18. The van der Waals surface area contributed by atoms with Crippen LogP contribution in [-0.2, 0) is 17.6 Å². The predicted molar refractivity (Wildman–Crippen MR) is 83.3 cm³/mol. The standard InChI is InChI=1S/C15H22N2O2S/c1-15(2,3)19-8-7-18-14-11(13(16)20)9-10-5-4-6-12(10)17-14/h9H,4-8H2,1-3H3,(H2,16,20). The minimum Gasteiger partial charge on any atom is -0.475 e. The van der Waals surface area contributed by atoms with Gasteiger partial charge in [0.2, 0.25) is 5.88 Å². The molecule has 0 spiro atoms. The predicted octanol–water partition coefficient (Wildman–Crippen LogP) is 2.40. The second-order valence-corrected chi connectivity index (χ2v) is 6.41. The lowest BCUT2D eigenvalue weighted by molar-refractivity contribution is -0.0168. The summed E-state index contributed by atoms with van der Waals surface area (Å²) in [5, 5.41) is 0. The van der Waals surface area contributed by atoms with E-state index in [1.54, 1.807) is 0 Å². The van der Waals surface area contributed by atoms with E-state index in [-0.39, 0.29) is 5.60 Å². The van der Waals surface area contributed by atoms with E-state index in [4.69, 9.17) is 27.4 Å². The van der Waals surface area contributed by atoms with Gasteiger partial charge in [0.15, 0.2) is 0 Å². The van der Waals surface area contributed by atoms with Crippen LogP contribution in [0.2, 0.25) is 0 Å². The first-order chi connectivity index (χ1) is 9.37. The van der Waals surface area contributed by atoms with E-state index in [0.29, 0.717) is 24.1 Å². The maximum Gasteiger partial charge on any atom is 0.224 e. The van der Waals surface area contributed by atoms with Crippen LogP contribution in [0.3, 0.4) is 0 Å². The van der Waals surface area contributed by atoms with Crippen molar-refractivity contribution in [2.24, 2.45) is 5.73 Å². The van der Waals surface area contributed by atoms with Gasteiger partial charge in [-0.05, 0) is 51.7 Å². The van der Waals surface area contributed by atoms with Crippen LogP contribution in [0.15, 0.2) is 6.07 Å². The maximum atomic E-state index is 5.76. The number of aromatic nitrogens is 1. The topological polar surface area (TPSA) is 57.4 Å². The van der Waals surface area contributed by atoms with Gasteiger partial charge in [-0.25, -0.2) is 4.98 Å². The van der Waals surface area contributed by atoms with Gasteiger partial charge >= 0.3 is 0 Å². The molecule has 1 aliphatic carbocycles. The zero-order valence-corrected chi connectivity index (χ0v) is 13.2. The summed E-state index contributed by atoms with van der Waals surface area (Å²) in [5.41, 5.74) is 8.68. The maximum absolute atomic E-state index is 5.76. The molecular weight excluding hydrogens is 272 g/mol. The number of thiocarbonyl (C=S) groups is 1. The Hall–Kier alpha value is -1.20. The Bertz CT molecular complexity index is 509. The van der Waals surface area contributed by atoms with E-state index in [1.807, 2.05) is 26.8 Å². The highest BCUT2D eigenvalue weighted by Gasteiger charge is 2.18. The molecule has 0 fully saturated rings. The molecule has 0 saturated heterocycles. The molecule has 1 heterocycles. The number of rotatable bonds is 5. The van der Waals surface area contributed by atoms with Gasteiger partial charge < -0.3 is 15.2 Å². The number of ether oxygens (including phenoxy) is 2. The Morgan fingerprint density at radius 1 is 1.35 bits per heavy atom. The Balaban J connectivity index is 2.05. The van der Waals surface area contributed by atoms with Crippen molar-refractivity contribution < 1.29 is 9.47 Å². The fraction of sp³-hybridized carbons (Fsp3) is 0.600. The Labute approximate surface area is 125 Å². The van der Waals surface area contributed by atoms with E-state index >= 15 is 0 Å². The van der Waals surface area contributed by atoms with E-state index in [9.17, 15) is 0 Å². The van der Waals surface area contributed by atoms with Gasteiger partial charge in [0.05, 0.1) is 17.8 Å².